The van der Waals surface area contributed by atoms with Crippen LogP contribution in [0.25, 0.3) is 0 Å². The Labute approximate surface area is 80.9 Å². The van der Waals surface area contributed by atoms with E-state index in [0.717, 1.165) is 0 Å². The minimum atomic E-state index is 0.418. The standard InChI is InChI=1S/C9H20S2/c1-5-8(10)6-7-11-9(2,3)4/h8,10H,5-7H2,1-4H3. The highest BCUT2D eigenvalue weighted by atomic mass is 32.2. The van der Waals surface area contributed by atoms with Crippen LogP contribution in [0.4, 0.5) is 0 Å². The molecule has 0 aromatic heterocycles. The van der Waals surface area contributed by atoms with Crippen molar-refractivity contribution in [2.24, 2.45) is 0 Å². The summed E-state index contributed by atoms with van der Waals surface area (Å²) >= 11 is 6.47. The molecule has 0 amide bonds. The van der Waals surface area contributed by atoms with E-state index in [0.29, 0.717) is 10.00 Å². The predicted molar refractivity (Wildman–Crippen MR) is 59.9 cm³/mol. The van der Waals surface area contributed by atoms with Crippen LogP contribution in [-0.2, 0) is 0 Å². The first-order chi connectivity index (χ1) is 4.95. The van der Waals surface area contributed by atoms with Crippen LogP contribution in [0.5, 0.6) is 0 Å². The third kappa shape index (κ3) is 8.61. The van der Waals surface area contributed by atoms with Gasteiger partial charge >= 0.3 is 0 Å². The molecule has 0 spiro atoms. The van der Waals surface area contributed by atoms with Gasteiger partial charge in [0.05, 0.1) is 0 Å². The normalized spacial score (nSPS) is 15.0. The third-order valence-corrected chi connectivity index (χ3v) is 3.39. The van der Waals surface area contributed by atoms with E-state index in [4.69, 9.17) is 0 Å². The van der Waals surface area contributed by atoms with Crippen molar-refractivity contribution in [2.45, 2.75) is 50.5 Å². The van der Waals surface area contributed by atoms with E-state index in [1.54, 1.807) is 0 Å². The summed E-state index contributed by atoms with van der Waals surface area (Å²) in [7, 11) is 0. The number of hydrogen-bond acceptors (Lipinski definition) is 2. The van der Waals surface area contributed by atoms with Gasteiger partial charge in [0.1, 0.15) is 0 Å². The first-order valence-corrected chi connectivity index (χ1v) is 5.78. The zero-order valence-corrected chi connectivity index (χ0v) is 9.77. The van der Waals surface area contributed by atoms with Gasteiger partial charge in [-0.2, -0.15) is 24.4 Å². The number of thioether (sulfide) groups is 1. The van der Waals surface area contributed by atoms with Gasteiger partial charge in [-0.3, -0.25) is 0 Å². The molecule has 0 bridgehead atoms. The molecule has 1 unspecified atom stereocenters. The first-order valence-electron chi connectivity index (χ1n) is 4.27. The fraction of sp³-hybridized carbons (Fsp3) is 1.00. The highest BCUT2D eigenvalue weighted by Crippen LogP contribution is 2.25. The van der Waals surface area contributed by atoms with E-state index < -0.39 is 0 Å². The summed E-state index contributed by atoms with van der Waals surface area (Å²) < 4.78 is 0.418. The molecular formula is C9H20S2. The maximum Gasteiger partial charge on any atom is 0.00751 e. The van der Waals surface area contributed by atoms with Crippen molar-refractivity contribution >= 4 is 24.4 Å². The molecule has 11 heavy (non-hydrogen) atoms. The summed E-state index contributed by atoms with van der Waals surface area (Å²) in [6.45, 7) is 8.98. The van der Waals surface area contributed by atoms with Crippen LogP contribution in [0.15, 0.2) is 0 Å². The molecule has 0 rings (SSSR count). The highest BCUT2D eigenvalue weighted by Gasteiger charge is 2.10. The van der Waals surface area contributed by atoms with Crippen LogP contribution in [0.1, 0.15) is 40.5 Å². The Morgan fingerprint density at radius 3 is 2.27 bits per heavy atom. The van der Waals surface area contributed by atoms with Gasteiger partial charge in [0.25, 0.3) is 0 Å². The van der Waals surface area contributed by atoms with Gasteiger partial charge < -0.3 is 0 Å². The second kappa shape index (κ2) is 5.36. The van der Waals surface area contributed by atoms with E-state index in [2.05, 4.69) is 40.3 Å². The van der Waals surface area contributed by atoms with Crippen LogP contribution in [0, 0.1) is 0 Å². The number of rotatable bonds is 4. The maximum atomic E-state index is 4.45. The predicted octanol–water partition coefficient (Wildman–Crippen LogP) is 3.62. The minimum Gasteiger partial charge on any atom is -0.176 e. The Hall–Kier alpha value is 0.700. The van der Waals surface area contributed by atoms with Gasteiger partial charge in [0.2, 0.25) is 0 Å². The molecule has 0 heterocycles. The second-order valence-electron chi connectivity index (χ2n) is 3.81. The van der Waals surface area contributed by atoms with E-state index >= 15 is 0 Å². The third-order valence-electron chi connectivity index (χ3n) is 1.46. The lowest BCUT2D eigenvalue weighted by Gasteiger charge is -2.18. The smallest absolute Gasteiger partial charge is 0.00751 e. The van der Waals surface area contributed by atoms with Crippen LogP contribution in [0.2, 0.25) is 0 Å². The Morgan fingerprint density at radius 1 is 1.36 bits per heavy atom. The van der Waals surface area contributed by atoms with Crippen molar-refractivity contribution in [1.29, 1.82) is 0 Å². The Balaban J connectivity index is 3.28. The van der Waals surface area contributed by atoms with Crippen molar-refractivity contribution in [3.8, 4) is 0 Å². The molecule has 0 aliphatic rings. The van der Waals surface area contributed by atoms with Gasteiger partial charge in [-0.05, 0) is 18.6 Å². The average molecular weight is 192 g/mol. The lowest BCUT2D eigenvalue weighted by molar-refractivity contribution is 0.778. The molecular weight excluding hydrogens is 172 g/mol. The summed E-state index contributed by atoms with van der Waals surface area (Å²) in [5.41, 5.74) is 0. The quantitative estimate of drug-likeness (QED) is 0.664. The molecule has 0 aromatic carbocycles. The molecule has 0 fully saturated rings. The van der Waals surface area contributed by atoms with Crippen molar-refractivity contribution in [3.05, 3.63) is 0 Å². The molecule has 0 aliphatic carbocycles. The number of hydrogen-bond donors (Lipinski definition) is 1. The van der Waals surface area contributed by atoms with Crippen molar-refractivity contribution < 1.29 is 0 Å². The molecule has 2 heteroatoms. The largest absolute Gasteiger partial charge is 0.176 e. The topological polar surface area (TPSA) is 0 Å². The molecule has 0 saturated carbocycles. The van der Waals surface area contributed by atoms with Crippen LogP contribution < -0.4 is 0 Å². The molecule has 0 nitrogen and oxygen atoms in total. The summed E-state index contributed by atoms with van der Waals surface area (Å²) in [6, 6.07) is 0. The van der Waals surface area contributed by atoms with Crippen LogP contribution in [-0.4, -0.2) is 15.7 Å². The highest BCUT2D eigenvalue weighted by molar-refractivity contribution is 8.00. The lowest BCUT2D eigenvalue weighted by atomic mass is 10.2. The number of thiol groups is 1. The second-order valence-corrected chi connectivity index (χ2v) is 6.46. The Morgan fingerprint density at radius 2 is 1.91 bits per heavy atom. The SMILES string of the molecule is CCC(S)CCSC(C)(C)C. The molecule has 0 radical (unpaired) electrons. The molecule has 0 aromatic rings. The van der Waals surface area contributed by atoms with E-state index in [1.807, 2.05) is 11.8 Å². The summed E-state index contributed by atoms with van der Waals surface area (Å²) in [6.07, 6.45) is 2.43. The zero-order valence-electron chi connectivity index (χ0n) is 8.05. The molecule has 0 N–H and O–H groups in total. The fourth-order valence-electron chi connectivity index (χ4n) is 0.705. The average Bonchev–Trinajstić information content (AvgIpc) is 1.85. The van der Waals surface area contributed by atoms with Gasteiger partial charge in [0.15, 0.2) is 0 Å². The van der Waals surface area contributed by atoms with Gasteiger partial charge in [-0.1, -0.05) is 27.7 Å². The first kappa shape index (κ1) is 11.7. The molecule has 1 atom stereocenters. The van der Waals surface area contributed by atoms with Crippen LogP contribution >= 0.6 is 24.4 Å². The minimum absolute atomic E-state index is 0.418. The van der Waals surface area contributed by atoms with Gasteiger partial charge in [-0.15, -0.1) is 0 Å². The fourth-order valence-corrected chi connectivity index (χ4v) is 2.02. The van der Waals surface area contributed by atoms with Crippen molar-refractivity contribution in [2.75, 3.05) is 5.75 Å². The van der Waals surface area contributed by atoms with Gasteiger partial charge in [-0.25, -0.2) is 0 Å². The molecule has 0 saturated heterocycles. The summed E-state index contributed by atoms with van der Waals surface area (Å²) in [4.78, 5) is 0. The zero-order chi connectivity index (χ0) is 8.91. The Kier molecular flexibility index (Phi) is 5.71. The van der Waals surface area contributed by atoms with E-state index in [1.165, 1.54) is 18.6 Å². The molecule has 0 aliphatic heterocycles. The molecule has 68 valence electrons. The summed E-state index contributed by atoms with van der Waals surface area (Å²) in [5, 5.41) is 0.602. The maximum absolute atomic E-state index is 4.45. The lowest BCUT2D eigenvalue weighted by Crippen LogP contribution is -2.10. The monoisotopic (exact) mass is 192 g/mol. The van der Waals surface area contributed by atoms with Gasteiger partial charge in [0, 0.05) is 10.00 Å². The van der Waals surface area contributed by atoms with E-state index in [-0.39, 0.29) is 0 Å². The Bertz CT molecular complexity index is 94.2. The summed E-state index contributed by atoms with van der Waals surface area (Å²) in [5.74, 6) is 1.24. The van der Waals surface area contributed by atoms with E-state index in [9.17, 15) is 0 Å². The van der Waals surface area contributed by atoms with Crippen molar-refractivity contribution in [3.63, 3.8) is 0 Å². The van der Waals surface area contributed by atoms with Crippen LogP contribution in [0.3, 0.4) is 0 Å². The van der Waals surface area contributed by atoms with Crippen molar-refractivity contribution in [1.82, 2.24) is 0 Å².